The topological polar surface area (TPSA) is 81.7 Å². The van der Waals surface area contributed by atoms with Crippen LogP contribution < -0.4 is 10.6 Å². The van der Waals surface area contributed by atoms with E-state index >= 15 is 0 Å². The summed E-state index contributed by atoms with van der Waals surface area (Å²) in [5.74, 6) is 0.687. The number of hydrogen-bond acceptors (Lipinski definition) is 4. The number of hydrogen-bond donors (Lipinski definition) is 3. The largest absolute Gasteiger partial charge is 0.390 e. The Labute approximate surface area is 213 Å². The van der Waals surface area contributed by atoms with E-state index in [-0.39, 0.29) is 17.9 Å². The molecule has 2 amide bonds. The van der Waals surface area contributed by atoms with Gasteiger partial charge < -0.3 is 20.6 Å². The van der Waals surface area contributed by atoms with Gasteiger partial charge >= 0.3 is 0 Å². The highest BCUT2D eigenvalue weighted by atomic mass is 16.3. The van der Waals surface area contributed by atoms with Gasteiger partial charge in [-0.2, -0.15) is 0 Å². The zero-order chi connectivity index (χ0) is 25.8. The third kappa shape index (κ3) is 10.3. The summed E-state index contributed by atoms with van der Waals surface area (Å²) in [4.78, 5) is 27.2. The molecule has 1 aliphatic rings. The lowest BCUT2D eigenvalue weighted by Crippen LogP contribution is -2.53. The molecule has 4 atom stereocenters. The minimum atomic E-state index is -0.707. The highest BCUT2D eigenvalue weighted by Gasteiger charge is 2.28. The molecular weight excluding hydrogens is 438 g/mol. The highest BCUT2D eigenvalue weighted by Crippen LogP contribution is 2.19. The van der Waals surface area contributed by atoms with Crippen molar-refractivity contribution in [3.63, 3.8) is 0 Å². The molecule has 198 valence electrons. The maximum atomic E-state index is 13.0. The number of amides is 2. The average Bonchev–Trinajstić information content (AvgIpc) is 2.83. The zero-order valence-corrected chi connectivity index (χ0v) is 22.7. The van der Waals surface area contributed by atoms with Crippen molar-refractivity contribution in [1.82, 2.24) is 15.5 Å². The lowest BCUT2D eigenvalue weighted by atomic mass is 9.92. The van der Waals surface area contributed by atoms with E-state index in [2.05, 4.69) is 55.7 Å². The lowest BCUT2D eigenvalue weighted by Gasteiger charge is -2.31. The van der Waals surface area contributed by atoms with Crippen LogP contribution in [0.4, 0.5) is 0 Å². The molecule has 0 spiro atoms. The number of carbonyl (C=O) groups is 2. The molecule has 0 radical (unpaired) electrons. The van der Waals surface area contributed by atoms with Crippen LogP contribution in [0.5, 0.6) is 0 Å². The first-order chi connectivity index (χ1) is 16.7. The number of nitrogens with zero attached hydrogens (tertiary/aromatic N) is 1. The number of benzene rings is 1. The Morgan fingerprint density at radius 1 is 1.09 bits per heavy atom. The van der Waals surface area contributed by atoms with E-state index in [4.69, 9.17) is 0 Å². The maximum absolute atomic E-state index is 13.0. The van der Waals surface area contributed by atoms with Gasteiger partial charge in [0.15, 0.2) is 0 Å². The first-order valence-corrected chi connectivity index (χ1v) is 13.7. The quantitative estimate of drug-likeness (QED) is 0.541. The molecule has 4 unspecified atom stereocenters. The Morgan fingerprint density at radius 3 is 2.49 bits per heavy atom. The van der Waals surface area contributed by atoms with Gasteiger partial charge in [-0.15, -0.1) is 0 Å². The van der Waals surface area contributed by atoms with Crippen LogP contribution in [0.15, 0.2) is 24.3 Å². The van der Waals surface area contributed by atoms with Gasteiger partial charge in [0, 0.05) is 26.6 Å². The van der Waals surface area contributed by atoms with Crippen molar-refractivity contribution in [2.45, 2.75) is 116 Å². The molecule has 0 aromatic heterocycles. The van der Waals surface area contributed by atoms with Crippen LogP contribution >= 0.6 is 0 Å². The van der Waals surface area contributed by atoms with Gasteiger partial charge in [-0.3, -0.25) is 9.59 Å². The molecule has 0 aliphatic carbocycles. The average molecular weight is 488 g/mol. The molecule has 1 fully saturated rings. The van der Waals surface area contributed by atoms with Crippen LogP contribution in [0, 0.1) is 5.92 Å². The smallest absolute Gasteiger partial charge is 0.242 e. The molecule has 3 N–H and O–H groups in total. The van der Waals surface area contributed by atoms with E-state index in [0.29, 0.717) is 31.3 Å². The van der Waals surface area contributed by atoms with Gasteiger partial charge in [-0.1, -0.05) is 83.6 Å². The van der Waals surface area contributed by atoms with Gasteiger partial charge in [0.1, 0.15) is 6.04 Å². The summed E-state index contributed by atoms with van der Waals surface area (Å²) in [6, 6.07) is 7.59. The predicted octanol–water partition coefficient (Wildman–Crippen LogP) is 4.75. The first kappa shape index (κ1) is 29.3. The Kier molecular flexibility index (Phi) is 12.8. The standard InChI is InChI=1S/C29H49N3O3/c1-21(2)25-15-12-14-24(18-25)19-30-20-27(33)26-17-22(3)13-10-8-6-7-9-11-16-28(34)32(5)23(4)29(35)31-26/h12,14-15,18,21-23,26-27,30,33H,6-11,13,16-17,19-20H2,1-5H3,(H,31,35). The second-order valence-corrected chi connectivity index (χ2v) is 10.9. The van der Waals surface area contributed by atoms with E-state index in [1.54, 1.807) is 18.9 Å². The normalized spacial score (nSPS) is 24.9. The molecular formula is C29H49N3O3. The summed E-state index contributed by atoms with van der Waals surface area (Å²) in [5, 5.41) is 17.5. The van der Waals surface area contributed by atoms with Crippen molar-refractivity contribution in [2.75, 3.05) is 13.6 Å². The fourth-order valence-electron chi connectivity index (χ4n) is 4.78. The van der Waals surface area contributed by atoms with Crippen molar-refractivity contribution >= 4 is 11.8 Å². The molecule has 1 aromatic rings. The molecule has 35 heavy (non-hydrogen) atoms. The van der Waals surface area contributed by atoms with E-state index < -0.39 is 12.1 Å². The van der Waals surface area contributed by atoms with Gasteiger partial charge in [-0.25, -0.2) is 0 Å². The third-order valence-electron chi connectivity index (χ3n) is 7.44. The maximum Gasteiger partial charge on any atom is 0.242 e. The third-order valence-corrected chi connectivity index (χ3v) is 7.44. The van der Waals surface area contributed by atoms with Crippen molar-refractivity contribution in [3.05, 3.63) is 35.4 Å². The van der Waals surface area contributed by atoms with Crippen LogP contribution in [0.3, 0.4) is 0 Å². The molecule has 0 bridgehead atoms. The number of likely N-dealkylation sites (N-methyl/N-ethyl adjacent to an activating group) is 1. The first-order valence-electron chi connectivity index (χ1n) is 13.7. The number of carbonyl (C=O) groups excluding carboxylic acids is 2. The molecule has 1 aliphatic heterocycles. The number of aliphatic hydroxyl groups is 1. The fraction of sp³-hybridized carbons (Fsp3) is 0.724. The molecule has 6 heteroatoms. The molecule has 1 heterocycles. The Morgan fingerprint density at radius 2 is 1.77 bits per heavy atom. The summed E-state index contributed by atoms with van der Waals surface area (Å²) in [7, 11) is 1.70. The Bertz CT molecular complexity index is 782. The molecule has 0 saturated carbocycles. The second-order valence-electron chi connectivity index (χ2n) is 10.9. The van der Waals surface area contributed by atoms with E-state index in [9.17, 15) is 14.7 Å². The van der Waals surface area contributed by atoms with Gasteiger partial charge in [0.25, 0.3) is 0 Å². The second kappa shape index (κ2) is 15.2. The lowest BCUT2D eigenvalue weighted by molar-refractivity contribution is -0.139. The van der Waals surface area contributed by atoms with Crippen LogP contribution in [0.2, 0.25) is 0 Å². The summed E-state index contributed by atoms with van der Waals surface area (Å²) in [5.41, 5.74) is 2.49. The molecule has 1 saturated heterocycles. The summed E-state index contributed by atoms with van der Waals surface area (Å²) < 4.78 is 0. The van der Waals surface area contributed by atoms with Gasteiger partial charge in [0.05, 0.1) is 12.1 Å². The van der Waals surface area contributed by atoms with Crippen LogP contribution in [0.25, 0.3) is 0 Å². The monoisotopic (exact) mass is 487 g/mol. The van der Waals surface area contributed by atoms with Gasteiger partial charge in [0.2, 0.25) is 11.8 Å². The van der Waals surface area contributed by atoms with Crippen molar-refractivity contribution < 1.29 is 14.7 Å². The number of rotatable bonds is 6. The van der Waals surface area contributed by atoms with Crippen molar-refractivity contribution in [1.29, 1.82) is 0 Å². The highest BCUT2D eigenvalue weighted by molar-refractivity contribution is 5.87. The van der Waals surface area contributed by atoms with E-state index in [0.717, 1.165) is 32.1 Å². The van der Waals surface area contributed by atoms with E-state index in [1.807, 2.05) is 0 Å². The zero-order valence-electron chi connectivity index (χ0n) is 22.7. The SMILES string of the molecule is CC1CCCCCCCCC(=O)N(C)C(C)C(=O)NC(C(O)CNCc2cccc(C(C)C)c2)C1. The van der Waals surface area contributed by atoms with Crippen LogP contribution in [0.1, 0.15) is 103 Å². The molecule has 6 nitrogen and oxygen atoms in total. The molecule has 1 aromatic carbocycles. The minimum absolute atomic E-state index is 0.00973. The van der Waals surface area contributed by atoms with Crippen LogP contribution in [-0.4, -0.2) is 53.6 Å². The number of aliphatic hydroxyl groups excluding tert-OH is 1. The molecule has 2 rings (SSSR count). The van der Waals surface area contributed by atoms with Crippen LogP contribution in [-0.2, 0) is 16.1 Å². The summed E-state index contributed by atoms with van der Waals surface area (Å²) in [6.45, 7) is 9.40. The van der Waals surface area contributed by atoms with Crippen molar-refractivity contribution in [3.8, 4) is 0 Å². The Hall–Kier alpha value is -1.92. The van der Waals surface area contributed by atoms with Crippen molar-refractivity contribution in [2.24, 2.45) is 5.92 Å². The fourth-order valence-corrected chi connectivity index (χ4v) is 4.78. The minimum Gasteiger partial charge on any atom is -0.390 e. The van der Waals surface area contributed by atoms with Gasteiger partial charge in [-0.05, 0) is 42.7 Å². The Balaban J connectivity index is 2.02. The van der Waals surface area contributed by atoms with E-state index in [1.165, 1.54) is 30.4 Å². The number of nitrogens with one attached hydrogen (secondary N) is 2. The predicted molar refractivity (Wildman–Crippen MR) is 143 cm³/mol. The summed E-state index contributed by atoms with van der Waals surface area (Å²) in [6.07, 6.45) is 8.28. The summed E-state index contributed by atoms with van der Waals surface area (Å²) >= 11 is 0.